The van der Waals surface area contributed by atoms with E-state index in [0.29, 0.717) is 17.4 Å². The molecule has 0 aliphatic heterocycles. The van der Waals surface area contributed by atoms with E-state index in [2.05, 4.69) is 55.6 Å². The Hall–Kier alpha value is -1.54. The van der Waals surface area contributed by atoms with Gasteiger partial charge in [-0.2, -0.15) is 0 Å². The number of carbonyl (C=O) groups is 1. The van der Waals surface area contributed by atoms with Crippen molar-refractivity contribution in [2.24, 2.45) is 0 Å². The van der Waals surface area contributed by atoms with Crippen molar-refractivity contribution in [3.63, 3.8) is 0 Å². The van der Waals surface area contributed by atoms with Crippen molar-refractivity contribution in [3.8, 4) is 0 Å². The zero-order valence-corrected chi connectivity index (χ0v) is 37.3. The first-order valence-corrected chi connectivity index (χ1v) is 24.0. The lowest BCUT2D eigenvalue weighted by Crippen LogP contribution is -2.45. The Morgan fingerprint density at radius 2 is 1.05 bits per heavy atom. The SMILES string of the molecule is CCCCCC/C=C\C/C=C\CCCCCCCCCC(=O)NC(COP(=O)(O)OCC[N+](C)(C)C)C(O)/C=C/CC/C=C/CCCCCCCCCCC. The second kappa shape index (κ2) is 38.0. The molecule has 0 spiro atoms. The van der Waals surface area contributed by atoms with Crippen molar-refractivity contribution in [1.82, 2.24) is 5.32 Å². The highest BCUT2D eigenvalue weighted by Gasteiger charge is 2.27. The molecule has 0 aliphatic rings. The minimum Gasteiger partial charge on any atom is -0.387 e. The lowest BCUT2D eigenvalue weighted by Gasteiger charge is -2.25. The van der Waals surface area contributed by atoms with Crippen LogP contribution in [0.1, 0.15) is 187 Å². The summed E-state index contributed by atoms with van der Waals surface area (Å²) >= 11 is 0. The summed E-state index contributed by atoms with van der Waals surface area (Å²) in [5.74, 6) is -0.197. The number of hydrogen-bond donors (Lipinski definition) is 3. The number of rotatable bonds is 40. The molecule has 0 bridgehead atoms. The summed E-state index contributed by atoms with van der Waals surface area (Å²) in [4.78, 5) is 23.1. The molecule has 3 N–H and O–H groups in total. The van der Waals surface area contributed by atoms with Crippen molar-refractivity contribution < 1.29 is 32.9 Å². The van der Waals surface area contributed by atoms with E-state index >= 15 is 0 Å². The topological polar surface area (TPSA) is 105 Å². The molecular formula is C46H88N2O6P+. The average molecular weight is 796 g/mol. The number of nitrogens with one attached hydrogen (secondary N) is 1. The van der Waals surface area contributed by atoms with E-state index < -0.39 is 20.0 Å². The molecule has 3 atom stereocenters. The maximum atomic E-state index is 12.9. The molecule has 0 aromatic carbocycles. The van der Waals surface area contributed by atoms with Gasteiger partial charge in [-0.1, -0.05) is 165 Å². The van der Waals surface area contributed by atoms with Gasteiger partial charge in [0.15, 0.2) is 0 Å². The summed E-state index contributed by atoms with van der Waals surface area (Å²) in [6.45, 7) is 4.76. The molecule has 0 aromatic rings. The van der Waals surface area contributed by atoms with Crippen LogP contribution in [-0.2, 0) is 18.4 Å². The van der Waals surface area contributed by atoms with E-state index in [1.165, 1.54) is 116 Å². The highest BCUT2D eigenvalue weighted by Crippen LogP contribution is 2.43. The number of nitrogens with zero attached hydrogens (tertiary/aromatic N) is 1. The van der Waals surface area contributed by atoms with Crippen LogP contribution in [0.3, 0.4) is 0 Å². The normalized spacial score (nSPS) is 14.8. The van der Waals surface area contributed by atoms with E-state index in [0.717, 1.165) is 51.4 Å². The third-order valence-electron chi connectivity index (χ3n) is 9.77. The highest BCUT2D eigenvalue weighted by molar-refractivity contribution is 7.47. The number of aliphatic hydroxyl groups is 1. The number of carbonyl (C=O) groups excluding carboxylic acids is 1. The fourth-order valence-corrected chi connectivity index (χ4v) is 6.88. The van der Waals surface area contributed by atoms with Gasteiger partial charge in [-0.3, -0.25) is 13.8 Å². The fourth-order valence-electron chi connectivity index (χ4n) is 6.14. The lowest BCUT2D eigenvalue weighted by molar-refractivity contribution is -0.870. The number of aliphatic hydroxyl groups excluding tert-OH is 1. The van der Waals surface area contributed by atoms with Crippen molar-refractivity contribution in [3.05, 3.63) is 48.6 Å². The van der Waals surface area contributed by atoms with E-state index in [1.54, 1.807) is 6.08 Å². The maximum absolute atomic E-state index is 12.9. The molecule has 9 heteroatoms. The van der Waals surface area contributed by atoms with Gasteiger partial charge < -0.3 is 19.8 Å². The predicted octanol–water partition coefficient (Wildman–Crippen LogP) is 12.5. The minimum atomic E-state index is -4.35. The zero-order valence-electron chi connectivity index (χ0n) is 36.4. The molecule has 0 saturated heterocycles. The largest absolute Gasteiger partial charge is 0.472 e. The van der Waals surface area contributed by atoms with Crippen LogP contribution in [0.2, 0.25) is 0 Å². The molecule has 0 saturated carbocycles. The molecule has 3 unspecified atom stereocenters. The van der Waals surface area contributed by atoms with Gasteiger partial charge in [0.25, 0.3) is 0 Å². The zero-order chi connectivity index (χ0) is 40.7. The standard InChI is InChI=1S/C46H87N2O6P/c1-6-8-10-12-14-16-18-20-22-23-24-26-28-30-32-34-36-38-40-46(50)47-44(43-54-55(51,52)53-42-41-48(3,4)5)45(49)39-37-35-33-31-29-27-25-21-19-17-15-13-11-9-7-2/h16,18,22-23,29,31,37,39,44-45,49H,6-15,17,19-21,24-28,30,32-36,38,40-43H2,1-5H3,(H-,47,50,51,52)/p+1/b18-16-,23-22-,31-29+,39-37+. The van der Waals surface area contributed by atoms with Crippen molar-refractivity contribution in [2.45, 2.75) is 199 Å². The van der Waals surface area contributed by atoms with Gasteiger partial charge in [0.05, 0.1) is 39.9 Å². The summed E-state index contributed by atoms with van der Waals surface area (Å²) in [6, 6.07) is -0.867. The first-order chi connectivity index (χ1) is 26.5. The maximum Gasteiger partial charge on any atom is 0.472 e. The Morgan fingerprint density at radius 3 is 1.58 bits per heavy atom. The smallest absolute Gasteiger partial charge is 0.387 e. The van der Waals surface area contributed by atoms with E-state index in [4.69, 9.17) is 9.05 Å². The number of phosphoric acid groups is 1. The van der Waals surface area contributed by atoms with Crippen LogP contribution in [0.15, 0.2) is 48.6 Å². The quantitative estimate of drug-likeness (QED) is 0.0247. The third kappa shape index (κ3) is 40.5. The second-order valence-corrected chi connectivity index (χ2v) is 17.9. The van der Waals surface area contributed by atoms with Crippen molar-refractivity contribution >= 4 is 13.7 Å². The van der Waals surface area contributed by atoms with Gasteiger partial charge >= 0.3 is 7.82 Å². The molecule has 0 fully saturated rings. The fraction of sp³-hybridized carbons (Fsp3) is 0.804. The Bertz CT molecular complexity index is 1040. The first-order valence-electron chi connectivity index (χ1n) is 22.5. The first kappa shape index (κ1) is 53.5. The average Bonchev–Trinajstić information content (AvgIpc) is 3.13. The number of quaternary nitrogens is 1. The third-order valence-corrected chi connectivity index (χ3v) is 10.8. The number of phosphoric ester groups is 1. The Kier molecular flexibility index (Phi) is 36.9. The van der Waals surface area contributed by atoms with Crippen LogP contribution in [0.25, 0.3) is 0 Å². The number of amides is 1. The van der Waals surface area contributed by atoms with Crippen LogP contribution in [0.5, 0.6) is 0 Å². The van der Waals surface area contributed by atoms with Gasteiger partial charge in [0.2, 0.25) is 5.91 Å². The Labute approximate surface area is 339 Å². The molecule has 55 heavy (non-hydrogen) atoms. The molecule has 0 radical (unpaired) electrons. The van der Waals surface area contributed by atoms with Gasteiger partial charge in [-0.25, -0.2) is 4.57 Å². The molecule has 0 rings (SSSR count). The summed E-state index contributed by atoms with van der Waals surface area (Å²) in [6.07, 6.45) is 47.5. The number of allylic oxidation sites excluding steroid dienone is 7. The van der Waals surface area contributed by atoms with Crippen LogP contribution in [0.4, 0.5) is 0 Å². The Morgan fingerprint density at radius 1 is 0.618 bits per heavy atom. The predicted molar refractivity (Wildman–Crippen MR) is 235 cm³/mol. The van der Waals surface area contributed by atoms with E-state index in [1.807, 2.05) is 27.2 Å². The van der Waals surface area contributed by atoms with Gasteiger partial charge in [-0.15, -0.1) is 0 Å². The monoisotopic (exact) mass is 796 g/mol. The molecule has 0 aliphatic carbocycles. The van der Waals surface area contributed by atoms with Crippen LogP contribution < -0.4 is 5.32 Å². The van der Waals surface area contributed by atoms with Crippen LogP contribution >= 0.6 is 7.82 Å². The Balaban J connectivity index is 4.48. The van der Waals surface area contributed by atoms with E-state index in [9.17, 15) is 19.4 Å². The number of hydrogen-bond acceptors (Lipinski definition) is 5. The minimum absolute atomic E-state index is 0.0532. The molecule has 8 nitrogen and oxygen atoms in total. The van der Waals surface area contributed by atoms with Gasteiger partial charge in [0, 0.05) is 6.42 Å². The van der Waals surface area contributed by atoms with Crippen molar-refractivity contribution in [2.75, 3.05) is 40.9 Å². The number of likely N-dealkylation sites (N-methyl/N-ethyl adjacent to an activating group) is 1. The second-order valence-electron chi connectivity index (χ2n) is 16.4. The van der Waals surface area contributed by atoms with Gasteiger partial charge in [-0.05, 0) is 64.2 Å². The summed E-state index contributed by atoms with van der Waals surface area (Å²) in [5, 5.41) is 13.8. The molecular weight excluding hydrogens is 707 g/mol. The highest BCUT2D eigenvalue weighted by atomic mass is 31.2. The summed E-state index contributed by atoms with van der Waals surface area (Å²) < 4.78 is 23.5. The summed E-state index contributed by atoms with van der Waals surface area (Å²) in [5.41, 5.74) is 0. The summed E-state index contributed by atoms with van der Waals surface area (Å²) in [7, 11) is 1.54. The van der Waals surface area contributed by atoms with Crippen molar-refractivity contribution in [1.29, 1.82) is 0 Å². The molecule has 0 heterocycles. The van der Waals surface area contributed by atoms with Crippen LogP contribution in [0, 0.1) is 0 Å². The van der Waals surface area contributed by atoms with E-state index in [-0.39, 0.29) is 19.1 Å². The molecule has 322 valence electrons. The molecule has 0 aromatic heterocycles. The molecule has 1 amide bonds. The number of unbranched alkanes of at least 4 members (excludes halogenated alkanes) is 21. The van der Waals surface area contributed by atoms with Gasteiger partial charge in [0.1, 0.15) is 13.2 Å². The van der Waals surface area contributed by atoms with Crippen LogP contribution in [-0.4, -0.2) is 73.4 Å². The lowest BCUT2D eigenvalue weighted by atomic mass is 10.1.